The highest BCUT2D eigenvalue weighted by molar-refractivity contribution is 5.76. The number of benzene rings is 1. The van der Waals surface area contributed by atoms with Crippen LogP contribution in [0.5, 0.6) is 0 Å². The van der Waals surface area contributed by atoms with Crippen molar-refractivity contribution in [3.05, 3.63) is 29.3 Å². The van der Waals surface area contributed by atoms with Crippen LogP contribution in [0.15, 0.2) is 18.2 Å². The molecule has 2 fully saturated rings. The second-order valence-corrected chi connectivity index (χ2v) is 9.91. The molecule has 33 heavy (non-hydrogen) atoms. The minimum Gasteiger partial charge on any atom is -0.368 e. The Morgan fingerprint density at radius 1 is 1.12 bits per heavy atom. The van der Waals surface area contributed by atoms with Gasteiger partial charge in [0.1, 0.15) is 0 Å². The summed E-state index contributed by atoms with van der Waals surface area (Å²) in [6.07, 6.45) is 2.93. The summed E-state index contributed by atoms with van der Waals surface area (Å²) in [6.45, 7) is 7.06. The van der Waals surface area contributed by atoms with Crippen molar-refractivity contribution >= 4 is 11.6 Å². The molecule has 1 aliphatic carbocycles. The number of amides is 1. The Morgan fingerprint density at radius 2 is 1.79 bits per heavy atom. The highest BCUT2D eigenvalue weighted by atomic mass is 19.4. The van der Waals surface area contributed by atoms with E-state index in [4.69, 9.17) is 5.73 Å². The summed E-state index contributed by atoms with van der Waals surface area (Å²) in [5.74, 6) is 0.418. The van der Waals surface area contributed by atoms with Crippen molar-refractivity contribution in [3.63, 3.8) is 0 Å². The molecule has 1 saturated carbocycles. The molecule has 0 bridgehead atoms. The number of nitrogens with one attached hydrogen (secondary N) is 1. The molecule has 1 aromatic carbocycles. The van der Waals surface area contributed by atoms with E-state index in [2.05, 4.69) is 10.2 Å². The summed E-state index contributed by atoms with van der Waals surface area (Å²) in [6, 6.07) is 3.96. The van der Waals surface area contributed by atoms with Crippen LogP contribution in [-0.4, -0.2) is 49.6 Å². The molecule has 1 aliphatic heterocycles. The molecule has 1 aromatic rings. The average molecular weight is 469 g/mol. The first-order valence-corrected chi connectivity index (χ1v) is 12.4. The molecule has 0 unspecified atom stereocenters. The summed E-state index contributed by atoms with van der Waals surface area (Å²) >= 11 is 0. The van der Waals surface area contributed by atoms with E-state index in [0.29, 0.717) is 57.2 Å². The van der Waals surface area contributed by atoms with Crippen LogP contribution in [0.3, 0.4) is 0 Å². The van der Waals surface area contributed by atoms with Crippen LogP contribution in [0, 0.1) is 5.92 Å². The Hall–Kier alpha value is -1.80. The highest BCUT2D eigenvalue weighted by Crippen LogP contribution is 2.36. The molecular weight excluding hydrogens is 429 g/mol. The predicted molar refractivity (Wildman–Crippen MR) is 126 cm³/mol. The minimum absolute atomic E-state index is 0.141. The molecule has 3 rings (SSSR count). The predicted octanol–water partition coefficient (Wildman–Crippen LogP) is 4.71. The number of halogens is 3. The lowest BCUT2D eigenvalue weighted by molar-refractivity contribution is -0.137. The van der Waals surface area contributed by atoms with Gasteiger partial charge in [-0.2, -0.15) is 13.2 Å². The summed E-state index contributed by atoms with van der Waals surface area (Å²) in [4.78, 5) is 16.6. The molecule has 3 N–H and O–H groups in total. The average Bonchev–Trinajstić information content (AvgIpc) is 2.78. The number of hydrogen-bond acceptors (Lipinski definition) is 4. The van der Waals surface area contributed by atoms with Crippen molar-refractivity contribution in [2.75, 3.05) is 37.6 Å². The molecular formula is C25H39F3N4O. The Labute approximate surface area is 195 Å². The lowest BCUT2D eigenvalue weighted by Crippen LogP contribution is -2.49. The summed E-state index contributed by atoms with van der Waals surface area (Å²) in [5, 5.41) is 3.52. The quantitative estimate of drug-likeness (QED) is 0.580. The van der Waals surface area contributed by atoms with E-state index in [-0.39, 0.29) is 11.8 Å². The van der Waals surface area contributed by atoms with Crippen LogP contribution >= 0.6 is 0 Å². The standard InChI is InChI=1S/C25H39F3N4O/c1-18(2)16-22(29)21-17-19(25(26,27)28)8-9-23(21)31-12-14-32(15-13-31)24(33)10-11-30-20-6-4-3-5-7-20/h8-9,17-18,20,22,30H,3-7,10-16,29H2,1-2H3/t22-/m0/s1. The van der Waals surface area contributed by atoms with Crippen LogP contribution in [0.25, 0.3) is 0 Å². The third kappa shape index (κ3) is 7.34. The van der Waals surface area contributed by atoms with Gasteiger partial charge in [0.05, 0.1) is 5.56 Å². The van der Waals surface area contributed by atoms with Gasteiger partial charge in [-0.15, -0.1) is 0 Å². The fraction of sp³-hybridized carbons (Fsp3) is 0.720. The molecule has 5 nitrogen and oxygen atoms in total. The van der Waals surface area contributed by atoms with Gasteiger partial charge in [0.15, 0.2) is 0 Å². The van der Waals surface area contributed by atoms with Gasteiger partial charge in [0, 0.05) is 56.9 Å². The first kappa shape index (κ1) is 25.8. The molecule has 0 radical (unpaired) electrons. The number of hydrogen-bond donors (Lipinski definition) is 2. The lowest BCUT2D eigenvalue weighted by atomic mass is 9.94. The fourth-order valence-corrected chi connectivity index (χ4v) is 5.00. The van der Waals surface area contributed by atoms with Crippen molar-refractivity contribution in [2.24, 2.45) is 11.7 Å². The van der Waals surface area contributed by atoms with Crippen LogP contribution in [0.4, 0.5) is 18.9 Å². The fourth-order valence-electron chi connectivity index (χ4n) is 5.00. The summed E-state index contributed by atoms with van der Waals surface area (Å²) in [7, 11) is 0. The molecule has 186 valence electrons. The number of nitrogens with two attached hydrogens (primary N) is 1. The number of rotatable bonds is 8. The van der Waals surface area contributed by atoms with Crippen LogP contribution in [0.2, 0.25) is 0 Å². The Kier molecular flexibility index (Phi) is 9.04. The first-order chi connectivity index (χ1) is 15.6. The number of piperazine rings is 1. The van der Waals surface area contributed by atoms with Gasteiger partial charge >= 0.3 is 6.18 Å². The van der Waals surface area contributed by atoms with Crippen LogP contribution in [0.1, 0.15) is 76.0 Å². The molecule has 0 spiro atoms. The largest absolute Gasteiger partial charge is 0.416 e. The van der Waals surface area contributed by atoms with Gasteiger partial charge in [-0.05, 0) is 48.9 Å². The molecule has 1 saturated heterocycles. The van der Waals surface area contributed by atoms with E-state index >= 15 is 0 Å². The summed E-state index contributed by atoms with van der Waals surface area (Å²) in [5.41, 5.74) is 6.96. The van der Waals surface area contributed by atoms with Crippen molar-refractivity contribution in [1.82, 2.24) is 10.2 Å². The molecule has 1 amide bonds. The zero-order chi connectivity index (χ0) is 24.0. The Bertz CT molecular complexity index is 769. The Balaban J connectivity index is 1.59. The van der Waals surface area contributed by atoms with Gasteiger partial charge in [-0.1, -0.05) is 33.1 Å². The van der Waals surface area contributed by atoms with E-state index in [9.17, 15) is 18.0 Å². The van der Waals surface area contributed by atoms with Gasteiger partial charge in [0.2, 0.25) is 5.91 Å². The first-order valence-electron chi connectivity index (χ1n) is 12.4. The number of carbonyl (C=O) groups excluding carboxylic acids is 1. The van der Waals surface area contributed by atoms with Crippen molar-refractivity contribution in [3.8, 4) is 0 Å². The topological polar surface area (TPSA) is 61.6 Å². The van der Waals surface area contributed by atoms with E-state index in [0.717, 1.165) is 11.8 Å². The second kappa shape index (κ2) is 11.6. The lowest BCUT2D eigenvalue weighted by Gasteiger charge is -2.38. The van der Waals surface area contributed by atoms with Gasteiger partial charge in [-0.25, -0.2) is 0 Å². The van der Waals surface area contributed by atoms with Crippen molar-refractivity contribution in [2.45, 2.75) is 77.1 Å². The van der Waals surface area contributed by atoms with E-state index in [1.165, 1.54) is 38.2 Å². The van der Waals surface area contributed by atoms with E-state index in [1.54, 1.807) is 6.07 Å². The zero-order valence-electron chi connectivity index (χ0n) is 20.0. The van der Waals surface area contributed by atoms with Gasteiger partial charge in [-0.3, -0.25) is 4.79 Å². The normalized spacial score (nSPS) is 19.2. The minimum atomic E-state index is -4.40. The van der Waals surface area contributed by atoms with Gasteiger partial charge in [0.25, 0.3) is 0 Å². The van der Waals surface area contributed by atoms with E-state index < -0.39 is 17.8 Å². The molecule has 1 heterocycles. The van der Waals surface area contributed by atoms with Gasteiger partial charge < -0.3 is 20.9 Å². The maximum atomic E-state index is 13.3. The molecule has 2 aliphatic rings. The summed E-state index contributed by atoms with van der Waals surface area (Å²) < 4.78 is 40.0. The van der Waals surface area contributed by atoms with Crippen LogP contribution in [-0.2, 0) is 11.0 Å². The number of alkyl halides is 3. The smallest absolute Gasteiger partial charge is 0.368 e. The molecule has 0 aromatic heterocycles. The van der Waals surface area contributed by atoms with Crippen LogP contribution < -0.4 is 16.0 Å². The second-order valence-electron chi connectivity index (χ2n) is 9.91. The number of carbonyl (C=O) groups is 1. The maximum Gasteiger partial charge on any atom is 0.416 e. The molecule has 1 atom stereocenters. The zero-order valence-corrected chi connectivity index (χ0v) is 20.0. The number of nitrogens with zero attached hydrogens (tertiary/aromatic N) is 2. The highest BCUT2D eigenvalue weighted by Gasteiger charge is 2.33. The van der Waals surface area contributed by atoms with Crippen molar-refractivity contribution in [1.29, 1.82) is 0 Å². The SMILES string of the molecule is CC(C)C[C@H](N)c1cc(C(F)(F)F)ccc1N1CCN(C(=O)CCNC2CCCCC2)CC1. The monoisotopic (exact) mass is 468 g/mol. The Morgan fingerprint density at radius 3 is 2.39 bits per heavy atom. The molecule has 8 heteroatoms. The maximum absolute atomic E-state index is 13.3. The van der Waals surface area contributed by atoms with E-state index in [1.807, 2.05) is 18.7 Å². The van der Waals surface area contributed by atoms with Crippen molar-refractivity contribution < 1.29 is 18.0 Å². The third-order valence-corrected chi connectivity index (χ3v) is 6.83. The number of anilines is 1. The third-order valence-electron chi connectivity index (χ3n) is 6.83.